The topological polar surface area (TPSA) is 15.3 Å². The van der Waals surface area contributed by atoms with Crippen LogP contribution < -0.4 is 5.32 Å². The molecule has 2 heterocycles. The Kier molecular flexibility index (Phi) is 2.89. The lowest BCUT2D eigenvalue weighted by Gasteiger charge is -2.36. The third-order valence-corrected chi connectivity index (χ3v) is 5.66. The zero-order valence-corrected chi connectivity index (χ0v) is 11.8. The predicted molar refractivity (Wildman–Crippen MR) is 78.4 cm³/mol. The average Bonchev–Trinajstić information content (AvgIpc) is 2.95. The van der Waals surface area contributed by atoms with E-state index in [2.05, 4.69) is 41.4 Å². The summed E-state index contributed by atoms with van der Waals surface area (Å²) in [5, 5.41) is 3.58. The van der Waals surface area contributed by atoms with Crippen molar-refractivity contribution in [1.29, 1.82) is 0 Å². The second-order valence-corrected chi connectivity index (χ2v) is 6.61. The maximum absolute atomic E-state index is 3.58. The van der Waals surface area contributed by atoms with Crippen LogP contribution in [0.1, 0.15) is 30.4 Å². The molecule has 1 aromatic rings. The van der Waals surface area contributed by atoms with Gasteiger partial charge in [0.2, 0.25) is 0 Å². The SMILES string of the molecule is CCC1C2CNCC2CN1CC1Cc2ccccc21. The molecule has 0 radical (unpaired) electrons. The molecule has 1 aromatic carbocycles. The summed E-state index contributed by atoms with van der Waals surface area (Å²) < 4.78 is 0. The number of benzene rings is 1. The van der Waals surface area contributed by atoms with Crippen LogP contribution in [-0.4, -0.2) is 37.1 Å². The standard InChI is InChI=1S/C17H24N2/c1-2-17-16-9-18-8-14(16)11-19(17)10-13-7-12-5-3-4-6-15(12)13/h3-6,13-14,16-18H,2,7-11H2,1H3. The lowest BCUT2D eigenvalue weighted by molar-refractivity contribution is 0.200. The molecule has 4 atom stereocenters. The first-order chi connectivity index (χ1) is 9.36. The Morgan fingerprint density at radius 2 is 2.16 bits per heavy atom. The second-order valence-electron chi connectivity index (χ2n) is 6.61. The maximum atomic E-state index is 3.58. The number of nitrogens with one attached hydrogen (secondary N) is 1. The average molecular weight is 256 g/mol. The third-order valence-electron chi connectivity index (χ3n) is 5.66. The summed E-state index contributed by atoms with van der Waals surface area (Å²) in [5.74, 6) is 2.64. The third kappa shape index (κ3) is 1.85. The van der Waals surface area contributed by atoms with Crippen molar-refractivity contribution in [2.75, 3.05) is 26.2 Å². The van der Waals surface area contributed by atoms with Gasteiger partial charge in [0.25, 0.3) is 0 Å². The van der Waals surface area contributed by atoms with Gasteiger partial charge in [-0.15, -0.1) is 0 Å². The van der Waals surface area contributed by atoms with Crippen molar-refractivity contribution in [1.82, 2.24) is 10.2 Å². The Balaban J connectivity index is 1.47. The van der Waals surface area contributed by atoms with Crippen LogP contribution in [0.15, 0.2) is 24.3 Å². The Labute approximate surface area is 116 Å². The van der Waals surface area contributed by atoms with E-state index in [1.165, 1.54) is 39.0 Å². The lowest BCUT2D eigenvalue weighted by atomic mass is 9.77. The van der Waals surface area contributed by atoms with Crippen molar-refractivity contribution in [2.45, 2.75) is 31.7 Å². The van der Waals surface area contributed by atoms with Gasteiger partial charge in [0.1, 0.15) is 0 Å². The van der Waals surface area contributed by atoms with Gasteiger partial charge in [-0.2, -0.15) is 0 Å². The molecule has 0 aromatic heterocycles. The fraction of sp³-hybridized carbons (Fsp3) is 0.647. The van der Waals surface area contributed by atoms with Gasteiger partial charge in [0, 0.05) is 25.0 Å². The Morgan fingerprint density at radius 3 is 3.00 bits per heavy atom. The van der Waals surface area contributed by atoms with Crippen LogP contribution in [-0.2, 0) is 6.42 Å². The number of hydrogen-bond donors (Lipinski definition) is 1. The van der Waals surface area contributed by atoms with E-state index < -0.39 is 0 Å². The van der Waals surface area contributed by atoms with E-state index in [1.54, 1.807) is 11.1 Å². The minimum atomic E-state index is 0.803. The Morgan fingerprint density at radius 1 is 1.26 bits per heavy atom. The van der Waals surface area contributed by atoms with E-state index >= 15 is 0 Å². The molecule has 1 aliphatic carbocycles. The van der Waals surface area contributed by atoms with Crippen molar-refractivity contribution in [3.8, 4) is 0 Å². The highest BCUT2D eigenvalue weighted by Gasteiger charge is 2.44. The molecule has 0 saturated carbocycles. The van der Waals surface area contributed by atoms with Gasteiger partial charge in [0.15, 0.2) is 0 Å². The maximum Gasteiger partial charge on any atom is 0.0137 e. The summed E-state index contributed by atoms with van der Waals surface area (Å²) in [7, 11) is 0. The van der Waals surface area contributed by atoms with E-state index in [-0.39, 0.29) is 0 Å². The van der Waals surface area contributed by atoms with Gasteiger partial charge in [-0.1, -0.05) is 31.2 Å². The first-order valence-electron chi connectivity index (χ1n) is 7.89. The van der Waals surface area contributed by atoms with Crippen LogP contribution in [0.5, 0.6) is 0 Å². The van der Waals surface area contributed by atoms with Crippen molar-refractivity contribution in [3.63, 3.8) is 0 Å². The summed E-state index contributed by atoms with van der Waals surface area (Å²) in [6, 6.07) is 9.84. The van der Waals surface area contributed by atoms with Crippen molar-refractivity contribution >= 4 is 0 Å². The predicted octanol–water partition coefficient (Wildman–Crippen LogP) is 2.26. The molecule has 0 spiro atoms. The molecule has 4 rings (SSSR count). The molecule has 2 fully saturated rings. The first-order valence-corrected chi connectivity index (χ1v) is 7.89. The van der Waals surface area contributed by atoms with Crippen LogP contribution in [0, 0.1) is 11.8 Å². The molecule has 19 heavy (non-hydrogen) atoms. The fourth-order valence-corrected chi connectivity index (χ4v) is 4.69. The molecule has 2 heteroatoms. The molecular weight excluding hydrogens is 232 g/mol. The molecule has 102 valence electrons. The number of nitrogens with zero attached hydrogens (tertiary/aromatic N) is 1. The molecule has 2 nitrogen and oxygen atoms in total. The van der Waals surface area contributed by atoms with E-state index in [9.17, 15) is 0 Å². The zero-order valence-electron chi connectivity index (χ0n) is 11.8. The number of hydrogen-bond acceptors (Lipinski definition) is 2. The van der Waals surface area contributed by atoms with Gasteiger partial charge >= 0.3 is 0 Å². The first kappa shape index (κ1) is 11.9. The highest BCUT2D eigenvalue weighted by molar-refractivity contribution is 5.40. The van der Waals surface area contributed by atoms with Crippen LogP contribution in [0.25, 0.3) is 0 Å². The minimum absolute atomic E-state index is 0.803. The van der Waals surface area contributed by atoms with Crippen molar-refractivity contribution in [2.24, 2.45) is 11.8 Å². The van der Waals surface area contributed by atoms with E-state index in [0.29, 0.717) is 0 Å². The van der Waals surface area contributed by atoms with Crippen LogP contribution in [0.2, 0.25) is 0 Å². The van der Waals surface area contributed by atoms with Crippen LogP contribution >= 0.6 is 0 Å². The zero-order chi connectivity index (χ0) is 12.8. The van der Waals surface area contributed by atoms with Gasteiger partial charge < -0.3 is 5.32 Å². The number of rotatable bonds is 3. The largest absolute Gasteiger partial charge is 0.316 e. The summed E-state index contributed by atoms with van der Waals surface area (Å²) >= 11 is 0. The molecular formula is C17H24N2. The Hall–Kier alpha value is -0.860. The smallest absolute Gasteiger partial charge is 0.0137 e. The molecule has 0 bridgehead atoms. The highest BCUT2D eigenvalue weighted by atomic mass is 15.2. The lowest BCUT2D eigenvalue weighted by Crippen LogP contribution is -2.40. The summed E-state index contributed by atoms with van der Waals surface area (Å²) in [5.41, 5.74) is 3.20. The molecule has 4 unspecified atom stereocenters. The summed E-state index contributed by atoms with van der Waals surface area (Å²) in [6.07, 6.45) is 2.62. The quantitative estimate of drug-likeness (QED) is 0.892. The number of likely N-dealkylation sites (tertiary alicyclic amines) is 1. The van der Waals surface area contributed by atoms with E-state index in [4.69, 9.17) is 0 Å². The fourth-order valence-electron chi connectivity index (χ4n) is 4.69. The highest BCUT2D eigenvalue weighted by Crippen LogP contribution is 2.40. The summed E-state index contributed by atoms with van der Waals surface area (Å²) in [4.78, 5) is 2.80. The second kappa shape index (κ2) is 4.60. The normalized spacial score (nSPS) is 36.9. The van der Waals surface area contributed by atoms with Crippen molar-refractivity contribution < 1.29 is 0 Å². The van der Waals surface area contributed by atoms with Crippen molar-refractivity contribution in [3.05, 3.63) is 35.4 Å². The van der Waals surface area contributed by atoms with Gasteiger partial charge in [-0.3, -0.25) is 4.90 Å². The van der Waals surface area contributed by atoms with E-state index in [1.807, 2.05) is 0 Å². The molecule has 0 amide bonds. The van der Waals surface area contributed by atoms with Gasteiger partial charge in [-0.25, -0.2) is 0 Å². The minimum Gasteiger partial charge on any atom is -0.316 e. The van der Waals surface area contributed by atoms with Crippen LogP contribution in [0.3, 0.4) is 0 Å². The molecule has 3 aliphatic rings. The monoisotopic (exact) mass is 256 g/mol. The van der Waals surface area contributed by atoms with Gasteiger partial charge in [0.05, 0.1) is 0 Å². The van der Waals surface area contributed by atoms with E-state index in [0.717, 1.165) is 23.8 Å². The molecule has 1 N–H and O–H groups in total. The van der Waals surface area contributed by atoms with Gasteiger partial charge in [-0.05, 0) is 48.9 Å². The Bertz CT molecular complexity index is 470. The molecule has 2 saturated heterocycles. The molecule has 2 aliphatic heterocycles. The summed E-state index contributed by atoms with van der Waals surface area (Å²) in [6.45, 7) is 7.49. The number of fused-ring (bicyclic) bond motifs is 2. The van der Waals surface area contributed by atoms with Crippen LogP contribution in [0.4, 0.5) is 0 Å².